The van der Waals surface area contributed by atoms with Crippen molar-refractivity contribution in [3.05, 3.63) is 52.0 Å². The van der Waals surface area contributed by atoms with E-state index in [1.165, 1.54) is 21.2 Å². The maximum absolute atomic E-state index is 10.3. The molecule has 0 amide bonds. The fourth-order valence-electron chi connectivity index (χ4n) is 3.47. The Bertz CT molecular complexity index is 657. The summed E-state index contributed by atoms with van der Waals surface area (Å²) >= 11 is 3.65. The van der Waals surface area contributed by atoms with Gasteiger partial charge in [-0.3, -0.25) is 0 Å². The number of aryl methyl sites for hydroxylation is 1. The first kappa shape index (κ1) is 16.7. The minimum absolute atomic E-state index is 0.169. The third-order valence-corrected chi connectivity index (χ3v) is 6.12. The molecule has 1 aliphatic carbocycles. The molecule has 1 heterocycles. The van der Waals surface area contributed by atoms with Crippen LogP contribution in [0, 0.1) is 19.8 Å². The molecule has 1 fully saturated rings. The highest BCUT2D eigenvalue weighted by molar-refractivity contribution is 9.10. The summed E-state index contributed by atoms with van der Waals surface area (Å²) in [7, 11) is 0. The lowest BCUT2D eigenvalue weighted by Crippen LogP contribution is -2.35. The van der Waals surface area contributed by atoms with Gasteiger partial charge in [0.1, 0.15) is 0 Å². The van der Waals surface area contributed by atoms with Gasteiger partial charge in [0.2, 0.25) is 0 Å². The van der Waals surface area contributed by atoms with Gasteiger partial charge in [-0.15, -0.1) is 0 Å². The van der Waals surface area contributed by atoms with Crippen LogP contribution in [0.1, 0.15) is 29.5 Å². The molecule has 1 aromatic heterocycles. The van der Waals surface area contributed by atoms with E-state index in [4.69, 9.17) is 0 Å². The molecule has 0 spiro atoms. The van der Waals surface area contributed by atoms with Crippen LogP contribution in [0.25, 0.3) is 0 Å². The molecule has 2 aromatic rings. The highest BCUT2D eigenvalue weighted by atomic mass is 79.9. The van der Waals surface area contributed by atoms with Crippen molar-refractivity contribution in [2.24, 2.45) is 5.92 Å². The van der Waals surface area contributed by atoms with Gasteiger partial charge in [-0.25, -0.2) is 4.98 Å². The van der Waals surface area contributed by atoms with E-state index in [2.05, 4.69) is 56.8 Å². The number of benzene rings is 1. The Kier molecular flexibility index (Phi) is 5.19. The van der Waals surface area contributed by atoms with Crippen LogP contribution in [-0.4, -0.2) is 26.8 Å². The second-order valence-electron chi connectivity index (χ2n) is 6.63. The maximum atomic E-state index is 10.3. The topological polar surface area (TPSA) is 50.1 Å². The molecule has 23 heavy (non-hydrogen) atoms. The summed E-state index contributed by atoms with van der Waals surface area (Å²) in [5, 5.41) is 13.9. The Morgan fingerprint density at radius 3 is 2.91 bits per heavy atom. The Hall–Kier alpha value is -1.17. The molecule has 3 rings (SSSR count). The summed E-state index contributed by atoms with van der Waals surface area (Å²) in [6.07, 6.45) is 7.23. The minimum Gasteiger partial charge on any atom is -0.391 e. The second kappa shape index (κ2) is 7.16. The van der Waals surface area contributed by atoms with Gasteiger partial charge in [-0.2, -0.15) is 0 Å². The third-order valence-electron chi connectivity index (χ3n) is 4.90. The van der Waals surface area contributed by atoms with Crippen LogP contribution in [-0.2, 0) is 13.1 Å². The van der Waals surface area contributed by atoms with Crippen molar-refractivity contribution in [2.45, 2.75) is 51.9 Å². The summed E-state index contributed by atoms with van der Waals surface area (Å²) in [5.41, 5.74) is 3.82. The molecule has 1 aromatic carbocycles. The van der Waals surface area contributed by atoms with E-state index >= 15 is 0 Å². The van der Waals surface area contributed by atoms with Crippen LogP contribution >= 0.6 is 15.9 Å². The van der Waals surface area contributed by atoms with E-state index in [0.717, 1.165) is 25.9 Å². The zero-order valence-electron chi connectivity index (χ0n) is 13.7. The largest absolute Gasteiger partial charge is 0.391 e. The van der Waals surface area contributed by atoms with Crippen LogP contribution in [0.5, 0.6) is 0 Å². The Labute approximate surface area is 146 Å². The molecule has 0 bridgehead atoms. The average Bonchev–Trinajstić information content (AvgIpc) is 3.15. The molecule has 1 unspecified atom stereocenters. The van der Waals surface area contributed by atoms with Gasteiger partial charge in [0.25, 0.3) is 0 Å². The molecule has 3 atom stereocenters. The maximum Gasteiger partial charge on any atom is 0.0945 e. The van der Waals surface area contributed by atoms with E-state index in [1.54, 1.807) is 6.20 Å². The summed E-state index contributed by atoms with van der Waals surface area (Å²) < 4.78 is 3.28. The average molecular weight is 378 g/mol. The lowest BCUT2D eigenvalue weighted by molar-refractivity contribution is 0.145. The van der Waals surface area contributed by atoms with E-state index in [9.17, 15) is 5.11 Å². The van der Waals surface area contributed by atoms with E-state index < -0.39 is 0 Å². The lowest BCUT2D eigenvalue weighted by Gasteiger charge is -2.18. The van der Waals surface area contributed by atoms with Gasteiger partial charge in [0, 0.05) is 36.0 Å². The molecule has 1 aliphatic rings. The molecule has 124 valence electrons. The highest BCUT2D eigenvalue weighted by Gasteiger charge is 2.32. The third kappa shape index (κ3) is 3.84. The first-order chi connectivity index (χ1) is 11.0. The summed E-state index contributed by atoms with van der Waals surface area (Å²) in [4.78, 5) is 4.08. The first-order valence-corrected chi connectivity index (χ1v) is 8.95. The number of rotatable bonds is 5. The smallest absolute Gasteiger partial charge is 0.0945 e. The van der Waals surface area contributed by atoms with Gasteiger partial charge < -0.3 is 15.0 Å². The Morgan fingerprint density at radius 2 is 2.17 bits per heavy atom. The van der Waals surface area contributed by atoms with Crippen molar-refractivity contribution < 1.29 is 5.11 Å². The number of imidazole rings is 1. The normalized spacial score (nSPS) is 24.3. The molecule has 5 heteroatoms. The Morgan fingerprint density at radius 1 is 1.35 bits per heavy atom. The van der Waals surface area contributed by atoms with Crippen molar-refractivity contribution in [1.82, 2.24) is 14.9 Å². The van der Waals surface area contributed by atoms with Gasteiger partial charge in [0.05, 0.1) is 12.4 Å². The number of nitrogens with one attached hydrogen (secondary N) is 1. The number of halogens is 1. The van der Waals surface area contributed by atoms with Crippen LogP contribution in [0.15, 0.2) is 35.3 Å². The number of aliphatic hydroxyl groups is 1. The SMILES string of the molecule is Cc1ccc(CN[C@@H]2CC(Cn3ccnc3)C[C@H]2O)c(C)c1Br. The molecule has 0 radical (unpaired) electrons. The van der Waals surface area contributed by atoms with E-state index in [-0.39, 0.29) is 12.1 Å². The summed E-state index contributed by atoms with van der Waals surface area (Å²) in [6.45, 7) is 5.98. The number of nitrogens with zero attached hydrogens (tertiary/aromatic N) is 2. The summed E-state index contributed by atoms with van der Waals surface area (Å²) in [6, 6.07) is 4.48. The fourth-order valence-corrected chi connectivity index (χ4v) is 3.86. The van der Waals surface area contributed by atoms with Crippen molar-refractivity contribution >= 4 is 15.9 Å². The van der Waals surface area contributed by atoms with Crippen LogP contribution in [0.2, 0.25) is 0 Å². The monoisotopic (exact) mass is 377 g/mol. The van der Waals surface area contributed by atoms with Gasteiger partial charge in [-0.1, -0.05) is 28.1 Å². The van der Waals surface area contributed by atoms with E-state index in [0.29, 0.717) is 5.92 Å². The minimum atomic E-state index is -0.266. The predicted molar refractivity (Wildman–Crippen MR) is 95.2 cm³/mol. The van der Waals surface area contributed by atoms with Crippen LogP contribution in [0.4, 0.5) is 0 Å². The highest BCUT2D eigenvalue weighted by Crippen LogP contribution is 2.29. The summed E-state index contributed by atoms with van der Waals surface area (Å²) in [5.74, 6) is 0.502. The molecule has 0 saturated heterocycles. The zero-order chi connectivity index (χ0) is 16.4. The molecule has 1 saturated carbocycles. The second-order valence-corrected chi connectivity index (χ2v) is 7.43. The number of hydrogen-bond donors (Lipinski definition) is 2. The van der Waals surface area contributed by atoms with Crippen molar-refractivity contribution in [3.8, 4) is 0 Å². The standard InChI is InChI=1S/C18H24BrN3O/c1-12-3-4-15(13(2)18(12)19)9-21-16-7-14(8-17(16)23)10-22-6-5-20-11-22/h3-6,11,14,16-17,21,23H,7-10H2,1-2H3/t14?,16-,17-/m1/s1. The zero-order valence-corrected chi connectivity index (χ0v) is 15.3. The first-order valence-electron chi connectivity index (χ1n) is 8.16. The molecule has 0 aliphatic heterocycles. The van der Waals surface area contributed by atoms with E-state index in [1.807, 2.05) is 12.5 Å². The van der Waals surface area contributed by atoms with Gasteiger partial charge >= 0.3 is 0 Å². The van der Waals surface area contributed by atoms with Crippen molar-refractivity contribution in [2.75, 3.05) is 0 Å². The number of aromatic nitrogens is 2. The van der Waals surface area contributed by atoms with Crippen molar-refractivity contribution in [3.63, 3.8) is 0 Å². The molecule has 4 nitrogen and oxygen atoms in total. The molecular formula is C18H24BrN3O. The predicted octanol–water partition coefficient (Wildman–Crippen LogP) is 3.19. The Balaban J connectivity index is 1.57. The van der Waals surface area contributed by atoms with Crippen LogP contribution in [0.3, 0.4) is 0 Å². The van der Waals surface area contributed by atoms with Crippen molar-refractivity contribution in [1.29, 1.82) is 0 Å². The fraction of sp³-hybridized carbons (Fsp3) is 0.500. The molecule has 2 N–H and O–H groups in total. The molecular weight excluding hydrogens is 354 g/mol. The van der Waals surface area contributed by atoms with Crippen LogP contribution < -0.4 is 5.32 Å². The van der Waals surface area contributed by atoms with Gasteiger partial charge in [0.15, 0.2) is 0 Å². The lowest BCUT2D eigenvalue weighted by atomic mass is 10.0. The number of aliphatic hydroxyl groups excluding tert-OH is 1. The van der Waals surface area contributed by atoms with Gasteiger partial charge in [-0.05, 0) is 49.3 Å². The quantitative estimate of drug-likeness (QED) is 0.840. The number of hydrogen-bond acceptors (Lipinski definition) is 3.